The molecule has 0 radical (unpaired) electrons. The highest BCUT2D eigenvalue weighted by Gasteiger charge is 2.15. The van der Waals surface area contributed by atoms with Gasteiger partial charge in [0, 0.05) is 4.88 Å². The maximum Gasteiger partial charge on any atom is 0.0704 e. The van der Waals surface area contributed by atoms with E-state index >= 15 is 0 Å². The van der Waals surface area contributed by atoms with Gasteiger partial charge in [-0.3, -0.25) is 0 Å². The molecule has 2 heteroatoms. The number of hydrogen-bond acceptors (Lipinski definition) is 1. The molecule has 68 valence electrons. The minimum absolute atomic E-state index is 0.213. The molecule has 0 fully saturated rings. The van der Waals surface area contributed by atoms with E-state index in [1.165, 1.54) is 17.7 Å². The van der Waals surface area contributed by atoms with Crippen molar-refractivity contribution in [3.63, 3.8) is 0 Å². The molecule has 0 amide bonds. The molecule has 1 heterocycles. The summed E-state index contributed by atoms with van der Waals surface area (Å²) in [6, 6.07) is 4.18. The predicted molar refractivity (Wildman–Crippen MR) is 57.0 cm³/mol. The van der Waals surface area contributed by atoms with E-state index in [4.69, 9.17) is 11.6 Å². The molecule has 2 atom stereocenters. The van der Waals surface area contributed by atoms with Gasteiger partial charge in [0.05, 0.1) is 5.38 Å². The summed E-state index contributed by atoms with van der Waals surface area (Å²) in [5, 5.41) is 2.30. The first-order valence-electron chi connectivity index (χ1n) is 4.43. The van der Waals surface area contributed by atoms with E-state index in [0.717, 1.165) is 0 Å². The highest BCUT2D eigenvalue weighted by Crippen LogP contribution is 2.34. The standard InChI is InChI=1S/C10H15ClS/c1-3-5-8(2)10(11)9-6-4-7-12-9/h4,6-8,10H,3,5H2,1-2H3. The average Bonchev–Trinajstić information content (AvgIpc) is 2.55. The summed E-state index contributed by atoms with van der Waals surface area (Å²) in [5.74, 6) is 0.593. The first-order valence-corrected chi connectivity index (χ1v) is 5.74. The van der Waals surface area contributed by atoms with Crippen molar-refractivity contribution in [2.45, 2.75) is 32.1 Å². The van der Waals surface area contributed by atoms with Gasteiger partial charge in [-0.1, -0.05) is 26.3 Å². The number of thiophene rings is 1. The van der Waals surface area contributed by atoms with Gasteiger partial charge in [0.25, 0.3) is 0 Å². The van der Waals surface area contributed by atoms with Gasteiger partial charge < -0.3 is 0 Å². The summed E-state index contributed by atoms with van der Waals surface area (Å²) in [6.45, 7) is 4.43. The quantitative estimate of drug-likeness (QED) is 0.633. The van der Waals surface area contributed by atoms with Crippen molar-refractivity contribution in [1.29, 1.82) is 0 Å². The Morgan fingerprint density at radius 1 is 1.58 bits per heavy atom. The van der Waals surface area contributed by atoms with Crippen LogP contribution in [0.4, 0.5) is 0 Å². The predicted octanol–water partition coefficient (Wildman–Crippen LogP) is 4.46. The van der Waals surface area contributed by atoms with E-state index in [0.29, 0.717) is 5.92 Å². The Morgan fingerprint density at radius 2 is 2.33 bits per heavy atom. The van der Waals surface area contributed by atoms with Crippen LogP contribution < -0.4 is 0 Å². The van der Waals surface area contributed by atoms with Gasteiger partial charge in [0.15, 0.2) is 0 Å². The van der Waals surface area contributed by atoms with Crippen molar-refractivity contribution in [3.05, 3.63) is 22.4 Å². The number of hydrogen-bond donors (Lipinski definition) is 0. The monoisotopic (exact) mass is 202 g/mol. The number of halogens is 1. The third-order valence-electron chi connectivity index (χ3n) is 2.06. The van der Waals surface area contributed by atoms with E-state index in [-0.39, 0.29) is 5.38 Å². The fourth-order valence-corrected chi connectivity index (χ4v) is 2.52. The number of rotatable bonds is 4. The maximum absolute atomic E-state index is 6.29. The van der Waals surface area contributed by atoms with Crippen LogP contribution in [0.15, 0.2) is 17.5 Å². The van der Waals surface area contributed by atoms with Gasteiger partial charge >= 0.3 is 0 Å². The molecule has 0 N–H and O–H groups in total. The molecule has 0 bridgehead atoms. The van der Waals surface area contributed by atoms with Crippen LogP contribution in [0.25, 0.3) is 0 Å². The normalized spacial score (nSPS) is 15.9. The van der Waals surface area contributed by atoms with Gasteiger partial charge in [-0.2, -0.15) is 0 Å². The maximum atomic E-state index is 6.29. The van der Waals surface area contributed by atoms with Crippen LogP contribution in [-0.2, 0) is 0 Å². The Kier molecular flexibility index (Phi) is 4.10. The lowest BCUT2D eigenvalue weighted by Gasteiger charge is -2.15. The smallest absolute Gasteiger partial charge is 0.0704 e. The van der Waals surface area contributed by atoms with Crippen LogP contribution in [0.1, 0.15) is 36.9 Å². The van der Waals surface area contributed by atoms with Gasteiger partial charge in [0.2, 0.25) is 0 Å². The van der Waals surface area contributed by atoms with Gasteiger partial charge in [-0.25, -0.2) is 0 Å². The molecule has 2 unspecified atom stereocenters. The zero-order chi connectivity index (χ0) is 8.97. The van der Waals surface area contributed by atoms with Crippen LogP contribution in [0.5, 0.6) is 0 Å². The van der Waals surface area contributed by atoms with Crippen LogP contribution in [-0.4, -0.2) is 0 Å². The van der Waals surface area contributed by atoms with Crippen molar-refractivity contribution in [2.75, 3.05) is 0 Å². The summed E-state index contributed by atoms with van der Waals surface area (Å²) in [5.41, 5.74) is 0. The van der Waals surface area contributed by atoms with Crippen molar-refractivity contribution >= 4 is 22.9 Å². The Balaban J connectivity index is 2.53. The first kappa shape index (κ1) is 10.1. The Hall–Kier alpha value is -0.0100. The van der Waals surface area contributed by atoms with Gasteiger partial charge in [-0.15, -0.1) is 22.9 Å². The third-order valence-corrected chi connectivity index (χ3v) is 3.81. The van der Waals surface area contributed by atoms with Crippen LogP contribution in [0.3, 0.4) is 0 Å². The molecule has 0 nitrogen and oxygen atoms in total. The summed E-state index contributed by atoms with van der Waals surface area (Å²) in [4.78, 5) is 1.30. The van der Waals surface area contributed by atoms with Crippen molar-refractivity contribution in [2.24, 2.45) is 5.92 Å². The van der Waals surface area contributed by atoms with Gasteiger partial charge in [0.1, 0.15) is 0 Å². The van der Waals surface area contributed by atoms with Gasteiger partial charge in [-0.05, 0) is 23.8 Å². The highest BCUT2D eigenvalue weighted by atomic mass is 35.5. The molecule has 0 aromatic carbocycles. The fraction of sp³-hybridized carbons (Fsp3) is 0.600. The lowest BCUT2D eigenvalue weighted by molar-refractivity contribution is 0.511. The molecule has 1 aromatic heterocycles. The molecular formula is C10H15ClS. The molecule has 1 aromatic rings. The largest absolute Gasteiger partial charge is 0.147 e. The van der Waals surface area contributed by atoms with E-state index in [9.17, 15) is 0 Å². The van der Waals surface area contributed by atoms with Crippen LogP contribution >= 0.6 is 22.9 Å². The molecular weight excluding hydrogens is 188 g/mol. The topological polar surface area (TPSA) is 0 Å². The van der Waals surface area contributed by atoms with E-state index < -0.39 is 0 Å². The third kappa shape index (κ3) is 2.49. The summed E-state index contributed by atoms with van der Waals surface area (Å²) in [6.07, 6.45) is 2.43. The summed E-state index contributed by atoms with van der Waals surface area (Å²) in [7, 11) is 0. The molecule has 0 aliphatic carbocycles. The average molecular weight is 203 g/mol. The fourth-order valence-electron chi connectivity index (χ4n) is 1.33. The highest BCUT2D eigenvalue weighted by molar-refractivity contribution is 7.10. The second-order valence-electron chi connectivity index (χ2n) is 3.18. The van der Waals surface area contributed by atoms with Crippen molar-refractivity contribution in [3.8, 4) is 0 Å². The van der Waals surface area contributed by atoms with E-state index in [1.807, 2.05) is 0 Å². The Morgan fingerprint density at radius 3 is 2.83 bits per heavy atom. The zero-order valence-corrected chi connectivity index (χ0v) is 9.16. The Bertz CT molecular complexity index is 206. The zero-order valence-electron chi connectivity index (χ0n) is 7.59. The Labute approximate surface area is 83.6 Å². The second-order valence-corrected chi connectivity index (χ2v) is 4.63. The lowest BCUT2D eigenvalue weighted by atomic mass is 10.0. The molecule has 0 aliphatic rings. The van der Waals surface area contributed by atoms with E-state index in [1.54, 1.807) is 11.3 Å². The first-order chi connectivity index (χ1) is 5.75. The molecule has 0 spiro atoms. The van der Waals surface area contributed by atoms with Crippen LogP contribution in [0.2, 0.25) is 0 Å². The molecule has 0 aliphatic heterocycles. The SMILES string of the molecule is CCCC(C)C(Cl)c1cccs1. The summed E-state index contributed by atoms with van der Waals surface area (Å²) >= 11 is 8.04. The van der Waals surface area contributed by atoms with E-state index in [2.05, 4.69) is 31.4 Å². The lowest BCUT2D eigenvalue weighted by Crippen LogP contribution is -2.01. The van der Waals surface area contributed by atoms with Crippen LogP contribution in [0, 0.1) is 5.92 Å². The summed E-state index contributed by atoms with van der Waals surface area (Å²) < 4.78 is 0. The molecule has 1 rings (SSSR count). The molecule has 12 heavy (non-hydrogen) atoms. The molecule has 0 saturated carbocycles. The van der Waals surface area contributed by atoms with Crippen molar-refractivity contribution < 1.29 is 0 Å². The minimum Gasteiger partial charge on any atom is -0.147 e. The minimum atomic E-state index is 0.213. The molecule has 0 saturated heterocycles. The van der Waals surface area contributed by atoms with Crippen molar-refractivity contribution in [1.82, 2.24) is 0 Å². The second kappa shape index (κ2) is 4.88. The number of alkyl halides is 1.